The summed E-state index contributed by atoms with van der Waals surface area (Å²) >= 11 is 0. The standard InChI is InChI=1S/C25H34N4O3/c1-18(2)32-22-7-5-21(6-8-22)28-25(27-15-20-11-13-29(3)16-20)26-12-10-19-4-9-23-24(14-19)31-17-30-23/h4-9,14,18,20H,10-13,15-17H2,1-3H3,(H2,26,27,28). The highest BCUT2D eigenvalue weighted by Gasteiger charge is 2.19. The van der Waals surface area contributed by atoms with Gasteiger partial charge in [0.15, 0.2) is 17.5 Å². The third-order valence-corrected chi connectivity index (χ3v) is 5.63. The number of rotatable bonds is 8. The van der Waals surface area contributed by atoms with Crippen LogP contribution < -0.4 is 24.8 Å². The number of benzene rings is 2. The van der Waals surface area contributed by atoms with Gasteiger partial charge in [-0.2, -0.15) is 0 Å². The Hall–Kier alpha value is -2.93. The van der Waals surface area contributed by atoms with Crippen LogP contribution in [-0.2, 0) is 6.42 Å². The van der Waals surface area contributed by atoms with Gasteiger partial charge < -0.3 is 29.7 Å². The van der Waals surface area contributed by atoms with Crippen molar-refractivity contribution in [2.75, 3.05) is 45.3 Å². The number of aliphatic imine (C=N–C) groups is 1. The van der Waals surface area contributed by atoms with Gasteiger partial charge in [0.05, 0.1) is 6.10 Å². The summed E-state index contributed by atoms with van der Waals surface area (Å²) in [5, 5.41) is 6.94. The summed E-state index contributed by atoms with van der Waals surface area (Å²) < 4.78 is 16.6. The van der Waals surface area contributed by atoms with Crippen molar-refractivity contribution in [3.05, 3.63) is 48.0 Å². The molecule has 7 nitrogen and oxygen atoms in total. The number of anilines is 1. The van der Waals surface area contributed by atoms with Gasteiger partial charge in [-0.05, 0) is 88.2 Å². The van der Waals surface area contributed by atoms with Crippen LogP contribution in [0.4, 0.5) is 5.69 Å². The van der Waals surface area contributed by atoms with Crippen LogP contribution >= 0.6 is 0 Å². The summed E-state index contributed by atoms with van der Waals surface area (Å²) in [5.74, 6) is 3.92. The van der Waals surface area contributed by atoms with E-state index in [1.54, 1.807) is 0 Å². The first-order chi connectivity index (χ1) is 15.5. The summed E-state index contributed by atoms with van der Waals surface area (Å²) in [5.41, 5.74) is 2.19. The number of hydrogen-bond donors (Lipinski definition) is 2. The van der Waals surface area contributed by atoms with Gasteiger partial charge in [0.25, 0.3) is 0 Å². The van der Waals surface area contributed by atoms with E-state index in [1.165, 1.54) is 12.0 Å². The molecule has 2 heterocycles. The van der Waals surface area contributed by atoms with Crippen molar-refractivity contribution in [1.82, 2.24) is 10.2 Å². The van der Waals surface area contributed by atoms with E-state index in [9.17, 15) is 0 Å². The van der Waals surface area contributed by atoms with Crippen LogP contribution in [0.15, 0.2) is 47.5 Å². The largest absolute Gasteiger partial charge is 0.491 e. The van der Waals surface area contributed by atoms with Gasteiger partial charge in [-0.25, -0.2) is 0 Å². The zero-order chi connectivity index (χ0) is 22.3. The molecule has 2 aromatic carbocycles. The lowest BCUT2D eigenvalue weighted by atomic mass is 10.1. The Balaban J connectivity index is 1.36. The molecule has 4 rings (SSSR count). The van der Waals surface area contributed by atoms with Crippen molar-refractivity contribution in [3.8, 4) is 17.2 Å². The second-order valence-corrected chi connectivity index (χ2v) is 8.79. The summed E-state index contributed by atoms with van der Waals surface area (Å²) in [6, 6.07) is 14.1. The molecule has 1 fully saturated rings. The van der Waals surface area contributed by atoms with E-state index >= 15 is 0 Å². The second-order valence-electron chi connectivity index (χ2n) is 8.79. The van der Waals surface area contributed by atoms with Crippen molar-refractivity contribution < 1.29 is 14.2 Å². The third-order valence-electron chi connectivity index (χ3n) is 5.63. The molecule has 2 aliphatic heterocycles. The Labute approximate surface area is 190 Å². The number of nitrogens with one attached hydrogen (secondary N) is 2. The lowest BCUT2D eigenvalue weighted by Gasteiger charge is -2.15. The first kappa shape index (κ1) is 22.3. The fourth-order valence-corrected chi connectivity index (χ4v) is 3.98. The number of likely N-dealkylation sites (tertiary alicyclic amines) is 1. The molecule has 172 valence electrons. The van der Waals surface area contributed by atoms with Gasteiger partial charge in [0, 0.05) is 25.3 Å². The maximum absolute atomic E-state index is 5.75. The predicted octanol–water partition coefficient (Wildman–Crippen LogP) is 3.75. The van der Waals surface area contributed by atoms with E-state index in [-0.39, 0.29) is 6.10 Å². The van der Waals surface area contributed by atoms with Gasteiger partial charge in [-0.15, -0.1) is 0 Å². The van der Waals surface area contributed by atoms with E-state index < -0.39 is 0 Å². The number of fused-ring (bicyclic) bond motifs is 1. The fourth-order valence-electron chi connectivity index (χ4n) is 3.98. The molecule has 0 radical (unpaired) electrons. The molecular weight excluding hydrogens is 404 g/mol. The van der Waals surface area contributed by atoms with Gasteiger partial charge in [-0.3, -0.25) is 4.99 Å². The summed E-state index contributed by atoms with van der Waals surface area (Å²) in [6.07, 6.45) is 2.23. The molecule has 1 unspecified atom stereocenters. The Morgan fingerprint density at radius 3 is 2.72 bits per heavy atom. The molecule has 0 aromatic heterocycles. The van der Waals surface area contributed by atoms with Crippen LogP contribution in [0.25, 0.3) is 0 Å². The minimum Gasteiger partial charge on any atom is -0.491 e. The molecule has 2 N–H and O–H groups in total. The topological polar surface area (TPSA) is 67.4 Å². The number of guanidine groups is 1. The lowest BCUT2D eigenvalue weighted by molar-refractivity contribution is 0.174. The highest BCUT2D eigenvalue weighted by atomic mass is 16.7. The van der Waals surface area contributed by atoms with Crippen molar-refractivity contribution in [2.24, 2.45) is 10.9 Å². The van der Waals surface area contributed by atoms with Crippen LogP contribution in [-0.4, -0.2) is 57.0 Å². The minimum absolute atomic E-state index is 0.160. The number of ether oxygens (including phenoxy) is 3. The number of hydrogen-bond acceptors (Lipinski definition) is 5. The van der Waals surface area contributed by atoms with Crippen molar-refractivity contribution in [2.45, 2.75) is 32.8 Å². The molecule has 0 spiro atoms. The zero-order valence-electron chi connectivity index (χ0n) is 19.3. The van der Waals surface area contributed by atoms with Gasteiger partial charge >= 0.3 is 0 Å². The Bertz CT molecular complexity index is 914. The molecular formula is C25H34N4O3. The number of nitrogens with zero attached hydrogens (tertiary/aromatic N) is 2. The Kier molecular flexibility index (Phi) is 7.37. The smallest absolute Gasteiger partial charge is 0.231 e. The maximum atomic E-state index is 5.75. The van der Waals surface area contributed by atoms with Crippen LogP contribution in [0.2, 0.25) is 0 Å². The highest BCUT2D eigenvalue weighted by Crippen LogP contribution is 2.32. The molecule has 7 heteroatoms. The summed E-state index contributed by atoms with van der Waals surface area (Å²) in [6.45, 7) is 8.20. The quantitative estimate of drug-likeness (QED) is 0.483. The van der Waals surface area contributed by atoms with Crippen LogP contribution in [0.1, 0.15) is 25.8 Å². The van der Waals surface area contributed by atoms with Crippen LogP contribution in [0, 0.1) is 5.92 Å². The molecule has 32 heavy (non-hydrogen) atoms. The highest BCUT2D eigenvalue weighted by molar-refractivity contribution is 5.93. The van der Waals surface area contributed by atoms with E-state index in [2.05, 4.69) is 34.7 Å². The first-order valence-corrected chi connectivity index (χ1v) is 11.4. The average molecular weight is 439 g/mol. The Morgan fingerprint density at radius 1 is 1.16 bits per heavy atom. The lowest BCUT2D eigenvalue weighted by Crippen LogP contribution is -2.33. The second kappa shape index (κ2) is 10.6. The fraction of sp³-hybridized carbons (Fsp3) is 0.480. The molecule has 0 aliphatic carbocycles. The van der Waals surface area contributed by atoms with Gasteiger partial charge in [0.1, 0.15) is 5.75 Å². The van der Waals surface area contributed by atoms with Crippen molar-refractivity contribution in [3.63, 3.8) is 0 Å². The molecule has 0 amide bonds. The van der Waals surface area contributed by atoms with E-state index in [4.69, 9.17) is 19.2 Å². The average Bonchev–Trinajstić information content (AvgIpc) is 3.41. The predicted molar refractivity (Wildman–Crippen MR) is 128 cm³/mol. The first-order valence-electron chi connectivity index (χ1n) is 11.4. The van der Waals surface area contributed by atoms with Crippen molar-refractivity contribution >= 4 is 11.6 Å². The van der Waals surface area contributed by atoms with E-state index in [0.717, 1.165) is 61.5 Å². The molecule has 2 aromatic rings. The molecule has 1 saturated heterocycles. The van der Waals surface area contributed by atoms with Crippen molar-refractivity contribution in [1.29, 1.82) is 0 Å². The molecule has 1 atom stereocenters. The van der Waals surface area contributed by atoms with E-state index in [1.807, 2.05) is 44.2 Å². The molecule has 2 aliphatic rings. The van der Waals surface area contributed by atoms with Gasteiger partial charge in [-0.1, -0.05) is 6.07 Å². The SMILES string of the molecule is CC(C)Oc1ccc(NC(=NCC2CCN(C)C2)NCCc2ccc3c(c2)OCO3)cc1. The van der Waals surface area contributed by atoms with Crippen LogP contribution in [0.3, 0.4) is 0 Å². The molecule has 0 bridgehead atoms. The Morgan fingerprint density at radius 2 is 1.97 bits per heavy atom. The normalized spacial score (nSPS) is 18.2. The summed E-state index contributed by atoms with van der Waals surface area (Å²) in [4.78, 5) is 7.26. The molecule has 0 saturated carbocycles. The van der Waals surface area contributed by atoms with Crippen LogP contribution in [0.5, 0.6) is 17.2 Å². The van der Waals surface area contributed by atoms with Gasteiger partial charge in [0.2, 0.25) is 6.79 Å². The zero-order valence-corrected chi connectivity index (χ0v) is 19.3. The third kappa shape index (κ3) is 6.29. The summed E-state index contributed by atoms with van der Waals surface area (Å²) in [7, 11) is 2.17. The maximum Gasteiger partial charge on any atom is 0.231 e. The minimum atomic E-state index is 0.160. The monoisotopic (exact) mass is 438 g/mol. The van der Waals surface area contributed by atoms with E-state index in [0.29, 0.717) is 12.7 Å².